The number of nitrogens with one attached hydrogen (secondary N) is 3. The van der Waals surface area contributed by atoms with Crippen LogP contribution in [0.25, 0.3) is 0 Å². The number of hydrogen-bond acceptors (Lipinski definition) is 8. The van der Waals surface area contributed by atoms with Gasteiger partial charge >= 0.3 is 0 Å². The van der Waals surface area contributed by atoms with E-state index in [2.05, 4.69) is 15.6 Å². The van der Waals surface area contributed by atoms with Gasteiger partial charge in [-0.1, -0.05) is 0 Å². The molecule has 1 aliphatic rings. The van der Waals surface area contributed by atoms with E-state index < -0.39 is 18.0 Å². The number of amides is 2. The Hall–Kier alpha value is -1.99. The van der Waals surface area contributed by atoms with Crippen molar-refractivity contribution in [2.45, 2.75) is 37.4 Å². The van der Waals surface area contributed by atoms with Crippen LogP contribution in [-0.2, 0) is 9.59 Å². The summed E-state index contributed by atoms with van der Waals surface area (Å²) in [6.45, 7) is 0.736. The molecule has 3 atom stereocenters. The molecule has 0 aliphatic carbocycles. The van der Waals surface area contributed by atoms with Gasteiger partial charge in [0.15, 0.2) is 0 Å². The third-order valence-corrected chi connectivity index (χ3v) is 3.33. The molecule has 0 spiro atoms. The highest BCUT2D eigenvalue weighted by molar-refractivity contribution is 5.83. The summed E-state index contributed by atoms with van der Waals surface area (Å²) < 4.78 is 0. The Morgan fingerprint density at radius 2 is 2.09 bits per heavy atom. The number of aliphatic imine (C=N–C) groups is 1. The molecule has 132 valence electrons. The fourth-order valence-corrected chi connectivity index (χ4v) is 2.15. The van der Waals surface area contributed by atoms with E-state index in [0.717, 1.165) is 0 Å². The normalized spacial score (nSPS) is 22.9. The van der Waals surface area contributed by atoms with Gasteiger partial charge in [0.1, 0.15) is 0 Å². The zero-order valence-corrected chi connectivity index (χ0v) is 12.6. The minimum absolute atomic E-state index is 0.177. The van der Waals surface area contributed by atoms with Crippen LogP contribution in [0.15, 0.2) is 4.99 Å². The first-order valence-electron chi connectivity index (χ1n) is 7.12. The van der Waals surface area contributed by atoms with Crippen molar-refractivity contribution in [2.24, 2.45) is 22.2 Å². The average molecular weight is 332 g/mol. The smallest absolute Gasteiger partial charge is 0.237 e. The topological polar surface area (TPSA) is 204 Å². The summed E-state index contributed by atoms with van der Waals surface area (Å²) in [5.74, 6) is -0.934. The van der Waals surface area contributed by atoms with Crippen molar-refractivity contribution in [3.05, 3.63) is 0 Å². The molecule has 0 aromatic carbocycles. The number of nitrogens with zero attached hydrogens (tertiary/aromatic N) is 2. The lowest BCUT2D eigenvalue weighted by Crippen LogP contribution is -2.46. The number of nitrogens with two attached hydrogens (primary N) is 3. The molecule has 2 amide bonds. The first-order chi connectivity index (χ1) is 10.8. The molecule has 1 saturated heterocycles. The Morgan fingerprint density at radius 3 is 2.65 bits per heavy atom. The number of rotatable bonds is 8. The Morgan fingerprint density at radius 1 is 1.39 bits per heavy atom. The van der Waals surface area contributed by atoms with Crippen LogP contribution in [0.3, 0.4) is 0 Å². The van der Waals surface area contributed by atoms with Crippen LogP contribution >= 0.6 is 0 Å². The first-order valence-corrected chi connectivity index (χ1v) is 7.12. The summed E-state index contributed by atoms with van der Waals surface area (Å²) in [6, 6.07) is -1.32. The second-order valence-corrected chi connectivity index (χ2v) is 5.22. The summed E-state index contributed by atoms with van der Waals surface area (Å²) in [4.78, 5) is 26.7. The molecule has 1 heterocycles. The van der Waals surface area contributed by atoms with Crippen molar-refractivity contribution >= 4 is 17.8 Å². The van der Waals surface area contributed by atoms with E-state index in [-0.39, 0.29) is 29.8 Å². The molecule has 0 unspecified atom stereocenters. The lowest BCUT2D eigenvalue weighted by molar-refractivity contribution is -0.329. The predicted molar refractivity (Wildman–Crippen MR) is 79.8 cm³/mol. The monoisotopic (exact) mass is 332 g/mol. The number of guanidine groups is 1. The zero-order chi connectivity index (χ0) is 17.4. The van der Waals surface area contributed by atoms with Gasteiger partial charge in [0.25, 0.3) is 0 Å². The van der Waals surface area contributed by atoms with E-state index in [0.29, 0.717) is 25.8 Å². The molecule has 1 fully saturated rings. The molecule has 0 saturated carbocycles. The summed E-state index contributed by atoms with van der Waals surface area (Å²) in [5.41, 5.74) is 18.2. The van der Waals surface area contributed by atoms with Crippen LogP contribution in [0.1, 0.15) is 19.3 Å². The second kappa shape index (κ2) is 9.22. The second-order valence-electron chi connectivity index (χ2n) is 5.22. The molecular formula is C11H24N8O4. The van der Waals surface area contributed by atoms with Crippen molar-refractivity contribution in [1.29, 1.82) is 0 Å². The van der Waals surface area contributed by atoms with E-state index >= 15 is 0 Å². The van der Waals surface area contributed by atoms with Crippen LogP contribution in [0.2, 0.25) is 0 Å². The molecule has 0 aromatic rings. The molecule has 12 heteroatoms. The Kier molecular flexibility index (Phi) is 7.64. The van der Waals surface area contributed by atoms with Crippen molar-refractivity contribution in [3.8, 4) is 0 Å². The third kappa shape index (κ3) is 7.21. The zero-order valence-electron chi connectivity index (χ0n) is 12.6. The van der Waals surface area contributed by atoms with Crippen molar-refractivity contribution < 1.29 is 20.0 Å². The van der Waals surface area contributed by atoms with E-state index in [4.69, 9.17) is 27.6 Å². The fraction of sp³-hybridized carbons (Fsp3) is 0.727. The molecule has 0 radical (unpaired) electrons. The maximum atomic E-state index is 11.9. The van der Waals surface area contributed by atoms with Gasteiger partial charge in [-0.15, -0.1) is 0 Å². The predicted octanol–water partition coefficient (Wildman–Crippen LogP) is -3.67. The van der Waals surface area contributed by atoms with Crippen LogP contribution in [0.5, 0.6) is 0 Å². The SMILES string of the molecule is NC(=O)[C@@H]1C[C@@H](NC(=O)[C@@H](N)CCCN=C(N)NN(O)O)CN1. The van der Waals surface area contributed by atoms with E-state index in [9.17, 15) is 9.59 Å². The minimum atomic E-state index is -0.709. The number of primary amides is 1. The van der Waals surface area contributed by atoms with E-state index in [1.165, 1.54) is 0 Å². The molecule has 23 heavy (non-hydrogen) atoms. The van der Waals surface area contributed by atoms with Crippen LogP contribution in [-0.4, -0.2) is 64.7 Å². The number of hydrazine groups is 1. The van der Waals surface area contributed by atoms with Crippen molar-refractivity contribution in [1.82, 2.24) is 21.4 Å². The number of carbonyl (C=O) groups excluding carboxylic acids is 2. The first kappa shape index (κ1) is 19.1. The highest BCUT2D eigenvalue weighted by Gasteiger charge is 2.29. The van der Waals surface area contributed by atoms with Crippen molar-refractivity contribution in [2.75, 3.05) is 13.1 Å². The number of hydrogen-bond donors (Lipinski definition) is 8. The van der Waals surface area contributed by atoms with Gasteiger partial charge in [-0.05, 0) is 19.3 Å². The minimum Gasteiger partial charge on any atom is -0.369 e. The van der Waals surface area contributed by atoms with Gasteiger partial charge in [0.2, 0.25) is 17.8 Å². The Balaban J connectivity index is 2.23. The molecule has 1 rings (SSSR count). The summed E-state index contributed by atoms with van der Waals surface area (Å²) in [6.07, 6.45) is 1.31. The van der Waals surface area contributed by atoms with Crippen molar-refractivity contribution in [3.63, 3.8) is 0 Å². The maximum absolute atomic E-state index is 11.9. The molecule has 1 aliphatic heterocycles. The quantitative estimate of drug-likeness (QED) is 0.0952. The highest BCUT2D eigenvalue weighted by Crippen LogP contribution is 2.06. The third-order valence-electron chi connectivity index (χ3n) is 3.33. The average Bonchev–Trinajstić information content (AvgIpc) is 2.91. The number of carbonyl (C=O) groups is 2. The Labute approximate surface area is 132 Å². The Bertz CT molecular complexity index is 444. The van der Waals surface area contributed by atoms with E-state index in [1.807, 2.05) is 5.43 Å². The summed E-state index contributed by atoms with van der Waals surface area (Å²) in [7, 11) is 0. The van der Waals surface area contributed by atoms with Gasteiger partial charge in [0.05, 0.1) is 12.1 Å². The molecule has 0 bridgehead atoms. The van der Waals surface area contributed by atoms with Crippen LogP contribution in [0, 0.1) is 0 Å². The fourth-order valence-electron chi connectivity index (χ4n) is 2.15. The van der Waals surface area contributed by atoms with Gasteiger partial charge in [-0.25, -0.2) is 5.43 Å². The van der Waals surface area contributed by atoms with Gasteiger partial charge in [-0.2, -0.15) is 0 Å². The molecule has 0 aromatic heterocycles. The standard InChI is InChI=1S/C11H24N8O4/c12-7(2-1-3-15-11(14)18-19(22)23)10(21)17-6-4-8(9(13)20)16-5-6/h6-8,16,22-23H,1-5,12H2,(H2,13,20)(H,17,21)(H3,14,15,18)/t6-,7+,8+/m1/s1. The summed E-state index contributed by atoms with van der Waals surface area (Å²) in [5, 5.41) is 22.2. The van der Waals surface area contributed by atoms with Gasteiger partial charge < -0.3 is 27.8 Å². The molecular weight excluding hydrogens is 308 g/mol. The molecule has 11 N–H and O–H groups in total. The van der Waals surface area contributed by atoms with E-state index in [1.54, 1.807) is 0 Å². The van der Waals surface area contributed by atoms with Gasteiger partial charge in [0, 0.05) is 24.5 Å². The summed E-state index contributed by atoms with van der Waals surface area (Å²) >= 11 is 0. The largest absolute Gasteiger partial charge is 0.369 e. The lowest BCUT2D eigenvalue weighted by Gasteiger charge is -2.16. The highest BCUT2D eigenvalue weighted by atomic mass is 16.8. The van der Waals surface area contributed by atoms with Crippen LogP contribution in [0.4, 0.5) is 0 Å². The van der Waals surface area contributed by atoms with Gasteiger partial charge in [-0.3, -0.25) is 25.0 Å². The lowest BCUT2D eigenvalue weighted by atomic mass is 10.1. The molecule has 12 nitrogen and oxygen atoms in total. The van der Waals surface area contributed by atoms with Crippen LogP contribution < -0.4 is 33.3 Å². The maximum Gasteiger partial charge on any atom is 0.237 e.